The predicted octanol–water partition coefficient (Wildman–Crippen LogP) is 4.76. The van der Waals surface area contributed by atoms with Gasteiger partial charge in [-0.3, -0.25) is 4.90 Å². The molecular weight excluding hydrogens is 371 g/mol. The smallest absolute Gasteiger partial charge is 0.414 e. The van der Waals surface area contributed by atoms with Crippen LogP contribution in [0.25, 0.3) is 10.9 Å². The van der Waals surface area contributed by atoms with E-state index in [2.05, 4.69) is 0 Å². The zero-order chi connectivity index (χ0) is 21.0. The van der Waals surface area contributed by atoms with Crippen LogP contribution in [0.4, 0.5) is 14.9 Å². The van der Waals surface area contributed by atoms with Crippen LogP contribution in [0.2, 0.25) is 0 Å². The molecule has 0 radical (unpaired) electrons. The highest BCUT2D eigenvalue weighted by molar-refractivity contribution is 5.92. The number of anilines is 1. The van der Waals surface area contributed by atoms with Gasteiger partial charge < -0.3 is 14.4 Å². The van der Waals surface area contributed by atoms with Crippen molar-refractivity contribution in [1.29, 1.82) is 0 Å². The molecule has 0 bridgehead atoms. The van der Waals surface area contributed by atoms with E-state index in [-0.39, 0.29) is 12.4 Å². The van der Waals surface area contributed by atoms with Gasteiger partial charge in [-0.15, -0.1) is 0 Å². The molecule has 1 aromatic heterocycles. The maximum atomic E-state index is 13.2. The fourth-order valence-corrected chi connectivity index (χ4v) is 3.18. The molecule has 1 amide bonds. The van der Waals surface area contributed by atoms with Gasteiger partial charge in [-0.05, 0) is 68.5 Å². The Balaban J connectivity index is 1.90. The van der Waals surface area contributed by atoms with Gasteiger partial charge in [0.1, 0.15) is 11.4 Å². The van der Waals surface area contributed by atoms with Crippen molar-refractivity contribution in [3.8, 4) is 0 Å². The zero-order valence-electron chi connectivity index (χ0n) is 17.1. The van der Waals surface area contributed by atoms with Gasteiger partial charge in [0.15, 0.2) is 0 Å². The van der Waals surface area contributed by atoms with Crippen molar-refractivity contribution >= 4 is 22.7 Å². The third kappa shape index (κ3) is 5.35. The van der Waals surface area contributed by atoms with Gasteiger partial charge in [0.05, 0.1) is 12.1 Å². The molecule has 0 atom stereocenters. The van der Waals surface area contributed by atoms with Gasteiger partial charge in [-0.1, -0.05) is 18.2 Å². The number of rotatable bonds is 6. The highest BCUT2D eigenvalue weighted by atomic mass is 19.1. The molecule has 0 fully saturated rings. The number of aromatic nitrogens is 1. The number of amides is 1. The quantitative estimate of drug-likeness (QED) is 0.652. The van der Waals surface area contributed by atoms with Gasteiger partial charge in [0.25, 0.3) is 0 Å². The summed E-state index contributed by atoms with van der Waals surface area (Å²) in [5.41, 5.74) is 1.97. The average molecular weight is 398 g/mol. The first kappa shape index (κ1) is 20.9. The van der Waals surface area contributed by atoms with E-state index in [9.17, 15) is 14.3 Å². The van der Waals surface area contributed by atoms with Crippen LogP contribution in [-0.2, 0) is 17.7 Å². The molecule has 0 saturated carbocycles. The minimum absolute atomic E-state index is 0.0361. The summed E-state index contributed by atoms with van der Waals surface area (Å²) in [5, 5.41) is 10.3. The lowest BCUT2D eigenvalue weighted by atomic mass is 10.1. The van der Waals surface area contributed by atoms with Gasteiger partial charge in [0.2, 0.25) is 0 Å². The first-order valence-electron chi connectivity index (χ1n) is 9.71. The molecule has 3 rings (SSSR count). The summed E-state index contributed by atoms with van der Waals surface area (Å²) in [6.45, 7) is 6.41. The molecule has 0 saturated heterocycles. The minimum atomic E-state index is -0.619. The molecule has 154 valence electrons. The Morgan fingerprint density at radius 3 is 2.52 bits per heavy atom. The largest absolute Gasteiger partial charge is 0.443 e. The number of carbonyl (C=O) groups is 1. The van der Waals surface area contributed by atoms with Crippen LogP contribution in [0.1, 0.15) is 26.3 Å². The van der Waals surface area contributed by atoms with Gasteiger partial charge in [0, 0.05) is 25.0 Å². The molecule has 1 N–H and O–H groups in total. The number of hydrogen-bond donors (Lipinski definition) is 1. The highest BCUT2D eigenvalue weighted by Crippen LogP contribution is 2.25. The van der Waals surface area contributed by atoms with Crippen LogP contribution in [-0.4, -0.2) is 34.5 Å². The molecule has 0 spiro atoms. The lowest BCUT2D eigenvalue weighted by Crippen LogP contribution is -2.38. The van der Waals surface area contributed by atoms with Crippen molar-refractivity contribution in [2.24, 2.45) is 0 Å². The van der Waals surface area contributed by atoms with Gasteiger partial charge >= 0.3 is 6.09 Å². The Bertz CT molecular complexity index is 974. The van der Waals surface area contributed by atoms with E-state index in [0.717, 1.165) is 16.5 Å². The van der Waals surface area contributed by atoms with E-state index in [1.165, 1.54) is 12.1 Å². The minimum Gasteiger partial charge on any atom is -0.443 e. The number of halogens is 1. The van der Waals surface area contributed by atoms with E-state index in [1.54, 1.807) is 17.0 Å². The molecule has 3 aromatic rings. The van der Waals surface area contributed by atoms with Crippen LogP contribution < -0.4 is 4.90 Å². The number of aliphatic hydroxyl groups excluding tert-OH is 1. The van der Waals surface area contributed by atoms with Crippen molar-refractivity contribution in [2.75, 3.05) is 18.1 Å². The third-order valence-electron chi connectivity index (χ3n) is 4.56. The second-order valence-corrected chi connectivity index (χ2v) is 7.98. The summed E-state index contributed by atoms with van der Waals surface area (Å²) in [6, 6.07) is 14.0. The third-order valence-corrected chi connectivity index (χ3v) is 4.56. The van der Waals surface area contributed by atoms with E-state index < -0.39 is 11.7 Å². The number of ether oxygens (including phenoxy) is 1. The van der Waals surface area contributed by atoms with Crippen molar-refractivity contribution in [3.05, 3.63) is 66.1 Å². The zero-order valence-corrected chi connectivity index (χ0v) is 17.1. The fraction of sp³-hybridized carbons (Fsp3) is 0.348. The molecule has 0 unspecified atom stereocenters. The van der Waals surface area contributed by atoms with E-state index in [4.69, 9.17) is 4.74 Å². The second-order valence-electron chi connectivity index (χ2n) is 7.98. The van der Waals surface area contributed by atoms with Crippen LogP contribution in [0.3, 0.4) is 0 Å². The molecular formula is C23H27FN2O3. The predicted molar refractivity (Wildman–Crippen MR) is 113 cm³/mol. The van der Waals surface area contributed by atoms with Crippen molar-refractivity contribution in [1.82, 2.24) is 4.57 Å². The molecule has 5 nitrogen and oxygen atoms in total. The lowest BCUT2D eigenvalue weighted by Gasteiger charge is -2.27. The van der Waals surface area contributed by atoms with Crippen LogP contribution in [0.15, 0.2) is 54.7 Å². The number of hydrogen-bond acceptors (Lipinski definition) is 3. The summed E-state index contributed by atoms with van der Waals surface area (Å²) in [7, 11) is 0. The maximum absolute atomic E-state index is 13.2. The summed E-state index contributed by atoms with van der Waals surface area (Å²) in [4.78, 5) is 14.5. The second kappa shape index (κ2) is 8.66. The highest BCUT2D eigenvalue weighted by Gasteiger charge is 2.24. The number of benzene rings is 2. The Hall–Kier alpha value is -2.86. The number of aliphatic hydroxyl groups is 1. The molecule has 0 aliphatic carbocycles. The summed E-state index contributed by atoms with van der Waals surface area (Å²) < 4.78 is 20.7. The van der Waals surface area contributed by atoms with Crippen molar-refractivity contribution in [2.45, 2.75) is 39.3 Å². The van der Waals surface area contributed by atoms with Crippen molar-refractivity contribution in [3.63, 3.8) is 0 Å². The average Bonchev–Trinajstić information content (AvgIpc) is 3.05. The summed E-state index contributed by atoms with van der Waals surface area (Å²) in [5.74, 6) is -0.284. The van der Waals surface area contributed by atoms with E-state index in [0.29, 0.717) is 25.2 Å². The molecule has 2 aromatic carbocycles. The van der Waals surface area contributed by atoms with Crippen LogP contribution in [0, 0.1) is 5.82 Å². The lowest BCUT2D eigenvalue weighted by molar-refractivity contribution is 0.0581. The molecule has 0 aliphatic heterocycles. The first-order valence-corrected chi connectivity index (χ1v) is 9.71. The molecule has 0 aliphatic rings. The van der Waals surface area contributed by atoms with Crippen LogP contribution in [0.5, 0.6) is 0 Å². The maximum Gasteiger partial charge on any atom is 0.414 e. The van der Waals surface area contributed by atoms with Crippen LogP contribution >= 0.6 is 0 Å². The summed E-state index contributed by atoms with van der Waals surface area (Å²) in [6.07, 6.45) is 2.05. The number of fused-ring (bicyclic) bond motifs is 1. The van der Waals surface area contributed by atoms with E-state index >= 15 is 0 Å². The van der Waals surface area contributed by atoms with Gasteiger partial charge in [-0.25, -0.2) is 9.18 Å². The summed E-state index contributed by atoms with van der Waals surface area (Å²) >= 11 is 0. The van der Waals surface area contributed by atoms with Gasteiger partial charge in [-0.2, -0.15) is 0 Å². The Morgan fingerprint density at radius 2 is 1.86 bits per heavy atom. The Morgan fingerprint density at radius 1 is 1.14 bits per heavy atom. The molecule has 1 heterocycles. The van der Waals surface area contributed by atoms with E-state index in [1.807, 2.05) is 55.8 Å². The first-order chi connectivity index (χ1) is 13.8. The Kier molecular flexibility index (Phi) is 6.23. The normalized spacial score (nSPS) is 11.6. The molecule has 29 heavy (non-hydrogen) atoms. The standard InChI is InChI=1S/C23H27FN2O3/c1-23(2,3)29-22(28)26(13-10-17-4-7-19(24)8-5-17)20-9-6-18-11-12-25(14-15-27)21(18)16-20/h4-9,11-12,16,27H,10,13-15H2,1-3H3. The monoisotopic (exact) mass is 398 g/mol. The topological polar surface area (TPSA) is 54.7 Å². The molecule has 6 heteroatoms. The van der Waals surface area contributed by atoms with Crippen molar-refractivity contribution < 1.29 is 19.0 Å². The number of nitrogens with zero attached hydrogens (tertiary/aromatic N) is 2. The Labute approximate surface area is 170 Å². The SMILES string of the molecule is CC(C)(C)OC(=O)N(CCc1ccc(F)cc1)c1ccc2ccn(CCO)c2c1. The fourth-order valence-electron chi connectivity index (χ4n) is 3.18. The number of carbonyl (C=O) groups excluding carboxylic acids is 1.